The van der Waals surface area contributed by atoms with E-state index in [0.29, 0.717) is 5.56 Å². The lowest BCUT2D eigenvalue weighted by molar-refractivity contribution is 0.0977. The Balaban J connectivity index is 3.35. The molecule has 0 bridgehead atoms. The number of hydrogen-bond donors (Lipinski definition) is 0. The molecule has 0 saturated heterocycles. The molecule has 0 atom stereocenters. The van der Waals surface area contributed by atoms with Crippen LogP contribution in [0.3, 0.4) is 0 Å². The van der Waals surface area contributed by atoms with Gasteiger partial charge in [0, 0.05) is 18.2 Å². The van der Waals surface area contributed by atoms with Crippen molar-refractivity contribution in [2.24, 2.45) is 0 Å². The number of carbonyl (C=O) groups is 2. The molecular formula is C10H11NO2. The first-order valence-corrected chi connectivity index (χ1v) is 4.02. The number of aromatic nitrogens is 1. The number of carbonyl (C=O) groups excluding carboxylic acids is 2. The first-order chi connectivity index (χ1) is 6.02. The number of Topliss-reactive ketones (excluding diaryl/α,β-unsaturated/α-hetero) is 2. The van der Waals surface area contributed by atoms with Gasteiger partial charge in [-0.3, -0.25) is 9.59 Å². The summed E-state index contributed by atoms with van der Waals surface area (Å²) < 4.78 is 0. The minimum atomic E-state index is -0.172. The SMILES string of the molecule is CC(=O)c1ccc(C)nc1C(C)=O. The third kappa shape index (κ3) is 1.99. The lowest BCUT2D eigenvalue weighted by atomic mass is 10.1. The molecule has 0 aliphatic carbocycles. The fourth-order valence-electron chi connectivity index (χ4n) is 1.11. The van der Waals surface area contributed by atoms with Crippen LogP contribution in [0.4, 0.5) is 0 Å². The van der Waals surface area contributed by atoms with Gasteiger partial charge in [-0.25, -0.2) is 4.98 Å². The fraction of sp³-hybridized carbons (Fsp3) is 0.300. The van der Waals surface area contributed by atoms with E-state index < -0.39 is 0 Å². The highest BCUT2D eigenvalue weighted by atomic mass is 16.1. The van der Waals surface area contributed by atoms with Crippen molar-refractivity contribution in [2.45, 2.75) is 20.8 Å². The molecule has 1 aromatic heterocycles. The maximum atomic E-state index is 11.1. The van der Waals surface area contributed by atoms with Crippen LogP contribution in [0.5, 0.6) is 0 Å². The summed E-state index contributed by atoms with van der Waals surface area (Å²) in [6, 6.07) is 3.37. The molecule has 0 aromatic carbocycles. The predicted molar refractivity (Wildman–Crippen MR) is 49.0 cm³/mol. The number of nitrogens with zero attached hydrogens (tertiary/aromatic N) is 1. The van der Waals surface area contributed by atoms with Crippen LogP contribution in [0.25, 0.3) is 0 Å². The predicted octanol–water partition coefficient (Wildman–Crippen LogP) is 1.80. The van der Waals surface area contributed by atoms with Crippen LogP contribution >= 0.6 is 0 Å². The van der Waals surface area contributed by atoms with Crippen LogP contribution in [-0.4, -0.2) is 16.6 Å². The number of ketones is 2. The highest BCUT2D eigenvalue weighted by Crippen LogP contribution is 2.09. The molecule has 0 saturated carbocycles. The van der Waals surface area contributed by atoms with Crippen LogP contribution < -0.4 is 0 Å². The molecule has 0 fully saturated rings. The standard InChI is InChI=1S/C10H11NO2/c1-6-4-5-9(7(2)12)10(11-6)8(3)13/h4-5H,1-3H3. The molecule has 1 heterocycles. The van der Waals surface area contributed by atoms with Crippen molar-refractivity contribution in [2.75, 3.05) is 0 Å². The molecule has 1 aromatic rings. The van der Waals surface area contributed by atoms with E-state index in [4.69, 9.17) is 0 Å². The van der Waals surface area contributed by atoms with E-state index >= 15 is 0 Å². The minimum absolute atomic E-state index is 0.127. The molecule has 0 aliphatic rings. The van der Waals surface area contributed by atoms with Gasteiger partial charge >= 0.3 is 0 Å². The number of aryl methyl sites for hydroxylation is 1. The minimum Gasteiger partial charge on any atom is -0.294 e. The van der Waals surface area contributed by atoms with Crippen molar-refractivity contribution in [1.29, 1.82) is 0 Å². The molecule has 0 unspecified atom stereocenters. The molecule has 3 nitrogen and oxygen atoms in total. The molecular weight excluding hydrogens is 166 g/mol. The monoisotopic (exact) mass is 177 g/mol. The Morgan fingerprint density at radius 1 is 1.15 bits per heavy atom. The average Bonchev–Trinajstić information content (AvgIpc) is 2.03. The van der Waals surface area contributed by atoms with Crippen LogP contribution in [0.2, 0.25) is 0 Å². The summed E-state index contributed by atoms with van der Waals surface area (Å²) in [6.45, 7) is 4.63. The van der Waals surface area contributed by atoms with Gasteiger partial charge in [-0.1, -0.05) is 0 Å². The van der Waals surface area contributed by atoms with Gasteiger partial charge in [0.1, 0.15) is 5.69 Å². The maximum absolute atomic E-state index is 11.1. The molecule has 0 radical (unpaired) electrons. The quantitative estimate of drug-likeness (QED) is 0.647. The van der Waals surface area contributed by atoms with E-state index in [-0.39, 0.29) is 17.3 Å². The Bertz CT molecular complexity index is 369. The highest BCUT2D eigenvalue weighted by molar-refractivity contribution is 6.05. The number of hydrogen-bond acceptors (Lipinski definition) is 3. The molecule has 13 heavy (non-hydrogen) atoms. The third-order valence-electron chi connectivity index (χ3n) is 1.75. The van der Waals surface area contributed by atoms with E-state index in [1.54, 1.807) is 19.1 Å². The van der Waals surface area contributed by atoms with E-state index in [0.717, 1.165) is 5.69 Å². The van der Waals surface area contributed by atoms with E-state index in [9.17, 15) is 9.59 Å². The Kier molecular flexibility index (Phi) is 2.56. The summed E-state index contributed by atoms with van der Waals surface area (Å²) in [4.78, 5) is 26.2. The van der Waals surface area contributed by atoms with Crippen LogP contribution in [0.1, 0.15) is 40.4 Å². The molecule has 0 aliphatic heterocycles. The lowest BCUT2D eigenvalue weighted by Gasteiger charge is -2.02. The van der Waals surface area contributed by atoms with Gasteiger partial charge in [0.25, 0.3) is 0 Å². The summed E-state index contributed by atoms with van der Waals surface area (Å²) in [5.74, 6) is -0.299. The molecule has 0 N–H and O–H groups in total. The molecule has 0 spiro atoms. The molecule has 68 valence electrons. The van der Waals surface area contributed by atoms with Gasteiger partial charge < -0.3 is 0 Å². The Hall–Kier alpha value is -1.51. The van der Waals surface area contributed by atoms with E-state index in [2.05, 4.69) is 4.98 Å². The van der Waals surface area contributed by atoms with Crippen molar-refractivity contribution in [3.05, 3.63) is 29.1 Å². The van der Waals surface area contributed by atoms with Crippen molar-refractivity contribution in [3.63, 3.8) is 0 Å². The van der Waals surface area contributed by atoms with Crippen molar-refractivity contribution in [3.8, 4) is 0 Å². The summed E-state index contributed by atoms with van der Waals surface area (Å²) >= 11 is 0. The van der Waals surface area contributed by atoms with Gasteiger partial charge in [0.15, 0.2) is 11.6 Å². The Morgan fingerprint density at radius 3 is 2.23 bits per heavy atom. The van der Waals surface area contributed by atoms with Gasteiger partial charge in [-0.05, 0) is 26.0 Å². The number of rotatable bonds is 2. The maximum Gasteiger partial charge on any atom is 0.178 e. The summed E-state index contributed by atoms with van der Waals surface area (Å²) in [5.41, 5.74) is 1.42. The molecule has 0 amide bonds. The zero-order chi connectivity index (χ0) is 10.0. The Morgan fingerprint density at radius 2 is 1.77 bits per heavy atom. The van der Waals surface area contributed by atoms with Crippen LogP contribution in [-0.2, 0) is 0 Å². The lowest BCUT2D eigenvalue weighted by Crippen LogP contribution is -2.07. The third-order valence-corrected chi connectivity index (χ3v) is 1.75. The number of pyridine rings is 1. The zero-order valence-electron chi connectivity index (χ0n) is 7.92. The normalized spacial score (nSPS) is 9.77. The Labute approximate surface area is 76.8 Å². The van der Waals surface area contributed by atoms with Crippen LogP contribution in [0.15, 0.2) is 12.1 Å². The fourth-order valence-corrected chi connectivity index (χ4v) is 1.11. The molecule has 1 rings (SSSR count). The molecule has 3 heteroatoms. The zero-order valence-corrected chi connectivity index (χ0v) is 7.92. The topological polar surface area (TPSA) is 47.0 Å². The van der Waals surface area contributed by atoms with Crippen molar-refractivity contribution in [1.82, 2.24) is 4.98 Å². The van der Waals surface area contributed by atoms with Gasteiger partial charge in [-0.2, -0.15) is 0 Å². The van der Waals surface area contributed by atoms with E-state index in [1.807, 2.05) is 0 Å². The summed E-state index contributed by atoms with van der Waals surface area (Å²) in [6.07, 6.45) is 0. The van der Waals surface area contributed by atoms with Crippen molar-refractivity contribution < 1.29 is 9.59 Å². The summed E-state index contributed by atoms with van der Waals surface area (Å²) in [7, 11) is 0. The van der Waals surface area contributed by atoms with Gasteiger partial charge in [0.05, 0.1) is 0 Å². The second kappa shape index (κ2) is 3.47. The second-order valence-electron chi connectivity index (χ2n) is 2.96. The van der Waals surface area contributed by atoms with Gasteiger partial charge in [-0.15, -0.1) is 0 Å². The van der Waals surface area contributed by atoms with E-state index in [1.165, 1.54) is 13.8 Å². The van der Waals surface area contributed by atoms with Gasteiger partial charge in [0.2, 0.25) is 0 Å². The van der Waals surface area contributed by atoms with Crippen LogP contribution in [0, 0.1) is 6.92 Å². The second-order valence-corrected chi connectivity index (χ2v) is 2.96. The largest absolute Gasteiger partial charge is 0.294 e. The highest BCUT2D eigenvalue weighted by Gasteiger charge is 2.12. The van der Waals surface area contributed by atoms with Crippen molar-refractivity contribution >= 4 is 11.6 Å². The first kappa shape index (κ1) is 9.58. The first-order valence-electron chi connectivity index (χ1n) is 4.02. The average molecular weight is 177 g/mol. The smallest absolute Gasteiger partial charge is 0.178 e. The summed E-state index contributed by atoms with van der Waals surface area (Å²) in [5, 5.41) is 0.